The molecule has 3 rings (SSSR count). The molecular formula is C15H15N3O3S. The SMILES string of the molecule is CCc1ccc2c(Cn3cnnc3[S@@](C)=O)cc(=O)oc2c1. The highest BCUT2D eigenvalue weighted by atomic mass is 32.2. The van der Waals surface area contributed by atoms with E-state index in [-0.39, 0.29) is 0 Å². The molecule has 0 saturated heterocycles. The lowest BCUT2D eigenvalue weighted by molar-refractivity contribution is 0.556. The zero-order valence-electron chi connectivity index (χ0n) is 12.3. The Labute approximate surface area is 129 Å². The number of fused-ring (bicyclic) bond motifs is 1. The molecule has 114 valence electrons. The number of nitrogens with zero attached hydrogens (tertiary/aromatic N) is 3. The van der Waals surface area contributed by atoms with Crippen LogP contribution in [0.4, 0.5) is 0 Å². The molecule has 0 aliphatic heterocycles. The van der Waals surface area contributed by atoms with Crippen LogP contribution in [-0.2, 0) is 23.8 Å². The summed E-state index contributed by atoms with van der Waals surface area (Å²) in [5.74, 6) is 0. The van der Waals surface area contributed by atoms with Gasteiger partial charge >= 0.3 is 5.63 Å². The summed E-state index contributed by atoms with van der Waals surface area (Å²) in [7, 11) is -1.24. The Morgan fingerprint density at radius 2 is 2.14 bits per heavy atom. The predicted octanol–water partition coefficient (Wildman–Crippen LogP) is 1.73. The fourth-order valence-electron chi connectivity index (χ4n) is 2.38. The molecular weight excluding hydrogens is 302 g/mol. The topological polar surface area (TPSA) is 78.0 Å². The molecule has 0 amide bonds. The van der Waals surface area contributed by atoms with E-state index >= 15 is 0 Å². The largest absolute Gasteiger partial charge is 0.423 e. The molecule has 1 atom stereocenters. The summed E-state index contributed by atoms with van der Waals surface area (Å²) in [4.78, 5) is 11.8. The van der Waals surface area contributed by atoms with E-state index in [1.807, 2.05) is 25.1 Å². The molecule has 0 spiro atoms. The Morgan fingerprint density at radius 1 is 1.32 bits per heavy atom. The molecule has 0 unspecified atom stereocenters. The van der Waals surface area contributed by atoms with Crippen LogP contribution in [0.25, 0.3) is 11.0 Å². The first kappa shape index (κ1) is 14.6. The first-order valence-electron chi connectivity index (χ1n) is 6.85. The highest BCUT2D eigenvalue weighted by Gasteiger charge is 2.12. The van der Waals surface area contributed by atoms with Crippen molar-refractivity contribution in [2.75, 3.05) is 6.26 Å². The molecule has 2 heterocycles. The van der Waals surface area contributed by atoms with Gasteiger partial charge in [-0.2, -0.15) is 0 Å². The lowest BCUT2D eigenvalue weighted by Crippen LogP contribution is -2.08. The fourth-order valence-corrected chi connectivity index (χ4v) is 2.99. The molecule has 0 bridgehead atoms. The Hall–Kier alpha value is -2.28. The maximum Gasteiger partial charge on any atom is 0.336 e. The highest BCUT2D eigenvalue weighted by molar-refractivity contribution is 7.84. The monoisotopic (exact) mass is 317 g/mol. The van der Waals surface area contributed by atoms with Crippen molar-refractivity contribution in [2.24, 2.45) is 0 Å². The number of hydrogen-bond acceptors (Lipinski definition) is 5. The Kier molecular flexibility index (Phi) is 3.89. The number of rotatable bonds is 4. The molecule has 7 heteroatoms. The van der Waals surface area contributed by atoms with Gasteiger partial charge in [0.15, 0.2) is 0 Å². The molecule has 0 radical (unpaired) electrons. The summed E-state index contributed by atoms with van der Waals surface area (Å²) < 4.78 is 18.6. The van der Waals surface area contributed by atoms with E-state index in [0.29, 0.717) is 17.3 Å². The van der Waals surface area contributed by atoms with E-state index in [1.165, 1.54) is 12.4 Å². The lowest BCUT2D eigenvalue weighted by atomic mass is 10.1. The number of benzene rings is 1. The second-order valence-electron chi connectivity index (χ2n) is 4.97. The van der Waals surface area contributed by atoms with Gasteiger partial charge in [-0.05, 0) is 23.6 Å². The average Bonchev–Trinajstić information content (AvgIpc) is 2.94. The fraction of sp³-hybridized carbons (Fsp3) is 0.267. The van der Waals surface area contributed by atoms with E-state index in [1.54, 1.807) is 10.8 Å². The van der Waals surface area contributed by atoms with Gasteiger partial charge in [-0.15, -0.1) is 10.2 Å². The molecule has 6 nitrogen and oxygen atoms in total. The van der Waals surface area contributed by atoms with Gasteiger partial charge in [-0.1, -0.05) is 19.1 Å². The number of hydrogen-bond donors (Lipinski definition) is 0. The van der Waals surface area contributed by atoms with Crippen molar-refractivity contribution < 1.29 is 8.63 Å². The van der Waals surface area contributed by atoms with E-state index in [9.17, 15) is 9.00 Å². The quantitative estimate of drug-likeness (QED) is 0.685. The molecule has 0 saturated carbocycles. The molecule has 22 heavy (non-hydrogen) atoms. The van der Waals surface area contributed by atoms with E-state index in [4.69, 9.17) is 4.42 Å². The van der Waals surface area contributed by atoms with Crippen molar-refractivity contribution in [1.82, 2.24) is 14.8 Å². The van der Waals surface area contributed by atoms with Crippen molar-refractivity contribution >= 4 is 21.8 Å². The Morgan fingerprint density at radius 3 is 2.86 bits per heavy atom. The summed E-state index contributed by atoms with van der Waals surface area (Å²) in [5, 5.41) is 8.88. The third-order valence-electron chi connectivity index (χ3n) is 3.48. The zero-order valence-corrected chi connectivity index (χ0v) is 13.1. The van der Waals surface area contributed by atoms with Crippen molar-refractivity contribution in [3.8, 4) is 0 Å². The van der Waals surface area contributed by atoms with Crippen LogP contribution in [0.2, 0.25) is 0 Å². The van der Waals surface area contributed by atoms with Crippen LogP contribution in [0.5, 0.6) is 0 Å². The van der Waals surface area contributed by atoms with Crippen molar-refractivity contribution in [2.45, 2.75) is 25.0 Å². The van der Waals surface area contributed by atoms with Crippen LogP contribution in [0.1, 0.15) is 18.1 Å². The molecule has 0 aliphatic carbocycles. The average molecular weight is 317 g/mol. The first-order chi connectivity index (χ1) is 10.6. The summed E-state index contributed by atoms with van der Waals surface area (Å²) in [5.41, 5.74) is 2.06. The smallest absolute Gasteiger partial charge is 0.336 e. The molecule has 0 aliphatic rings. The maximum absolute atomic E-state index is 11.8. The molecule has 0 fully saturated rings. The minimum atomic E-state index is -1.24. The van der Waals surface area contributed by atoms with Crippen LogP contribution < -0.4 is 5.63 Å². The minimum absolute atomic E-state index is 0.371. The summed E-state index contributed by atoms with van der Waals surface area (Å²) in [6, 6.07) is 7.29. The van der Waals surface area contributed by atoms with Crippen LogP contribution >= 0.6 is 0 Å². The number of aryl methyl sites for hydroxylation is 1. The van der Waals surface area contributed by atoms with E-state index in [2.05, 4.69) is 10.2 Å². The molecule has 3 aromatic rings. The summed E-state index contributed by atoms with van der Waals surface area (Å²) >= 11 is 0. The standard InChI is InChI=1S/C15H15N3O3S/c1-3-10-4-5-12-11(7-14(19)21-13(12)6-10)8-18-9-16-17-15(18)22(2)20/h4-7,9H,3,8H2,1-2H3/t22-/m1/s1. The lowest BCUT2D eigenvalue weighted by Gasteiger charge is -2.08. The van der Waals surface area contributed by atoms with Gasteiger partial charge in [0.05, 0.1) is 17.3 Å². The van der Waals surface area contributed by atoms with Gasteiger partial charge in [0.25, 0.3) is 0 Å². The highest BCUT2D eigenvalue weighted by Crippen LogP contribution is 2.20. The zero-order chi connectivity index (χ0) is 15.7. The third kappa shape index (κ3) is 2.71. The van der Waals surface area contributed by atoms with Crippen molar-refractivity contribution in [1.29, 1.82) is 0 Å². The second-order valence-corrected chi connectivity index (χ2v) is 6.24. The molecule has 0 N–H and O–H groups in total. The van der Waals surface area contributed by atoms with Crippen LogP contribution in [0, 0.1) is 0 Å². The van der Waals surface area contributed by atoms with Gasteiger partial charge in [0.1, 0.15) is 11.9 Å². The van der Waals surface area contributed by atoms with Crippen LogP contribution in [-0.4, -0.2) is 25.2 Å². The third-order valence-corrected chi connectivity index (χ3v) is 4.31. The number of aromatic nitrogens is 3. The van der Waals surface area contributed by atoms with Crippen LogP contribution in [0.3, 0.4) is 0 Å². The van der Waals surface area contributed by atoms with Gasteiger partial charge in [0, 0.05) is 17.7 Å². The maximum atomic E-state index is 11.8. The van der Waals surface area contributed by atoms with Gasteiger partial charge in [-0.25, -0.2) is 4.79 Å². The summed E-state index contributed by atoms with van der Waals surface area (Å²) in [6.45, 7) is 2.42. The van der Waals surface area contributed by atoms with E-state index < -0.39 is 16.4 Å². The molecule has 2 aromatic heterocycles. The summed E-state index contributed by atoms with van der Waals surface area (Å²) in [6.07, 6.45) is 3.93. The Balaban J connectivity index is 2.12. The normalized spacial score (nSPS) is 12.6. The first-order valence-corrected chi connectivity index (χ1v) is 8.41. The van der Waals surface area contributed by atoms with Crippen molar-refractivity contribution in [3.63, 3.8) is 0 Å². The van der Waals surface area contributed by atoms with Gasteiger partial charge < -0.3 is 8.98 Å². The second kappa shape index (κ2) is 5.84. The van der Waals surface area contributed by atoms with Crippen molar-refractivity contribution in [3.05, 3.63) is 52.1 Å². The van der Waals surface area contributed by atoms with E-state index in [0.717, 1.165) is 22.9 Å². The predicted molar refractivity (Wildman–Crippen MR) is 83.3 cm³/mol. The molecule has 1 aromatic carbocycles. The minimum Gasteiger partial charge on any atom is -0.423 e. The Bertz CT molecular complexity index is 914. The van der Waals surface area contributed by atoms with Gasteiger partial charge in [-0.3, -0.25) is 4.21 Å². The van der Waals surface area contributed by atoms with Crippen LogP contribution in [0.15, 0.2) is 45.0 Å². The van der Waals surface area contributed by atoms with Gasteiger partial charge in [0.2, 0.25) is 5.16 Å².